The maximum atomic E-state index is 13.6. The van der Waals surface area contributed by atoms with Crippen molar-refractivity contribution >= 4 is 36.0 Å². The summed E-state index contributed by atoms with van der Waals surface area (Å²) in [6, 6.07) is 15.2. The first kappa shape index (κ1) is 29.5. The van der Waals surface area contributed by atoms with E-state index in [1.54, 1.807) is 12.0 Å². The number of halogens is 1. The van der Waals surface area contributed by atoms with Gasteiger partial charge in [-0.1, -0.05) is 71.8 Å². The summed E-state index contributed by atoms with van der Waals surface area (Å²) in [6.45, 7) is 12.7. The second kappa shape index (κ2) is 13.0. The molecule has 0 unspecified atom stereocenters. The highest BCUT2D eigenvalue weighted by molar-refractivity contribution is 9.10. The number of nitrogens with zero attached hydrogens (tertiary/aromatic N) is 2. The molecule has 0 bridgehead atoms. The van der Waals surface area contributed by atoms with Crippen molar-refractivity contribution < 1.29 is 19.1 Å². The molecule has 0 saturated carbocycles. The monoisotopic (exact) mass is 572 g/mol. The minimum Gasteiger partial charge on any atom is -0.497 e. The minimum atomic E-state index is -1.60. The molecule has 0 N–H and O–H groups in total. The van der Waals surface area contributed by atoms with Crippen LogP contribution in [-0.4, -0.2) is 55.7 Å². The Bertz CT molecular complexity index is 1100. The number of hydrogen-bond acceptors (Lipinski definition) is 4. The highest BCUT2D eigenvalue weighted by atomic mass is 79.9. The van der Waals surface area contributed by atoms with Gasteiger partial charge in [0.05, 0.1) is 20.2 Å². The molecule has 0 heterocycles. The van der Waals surface area contributed by atoms with Crippen LogP contribution in [0.1, 0.15) is 31.9 Å². The molecule has 0 aliphatic rings. The van der Waals surface area contributed by atoms with Crippen molar-refractivity contribution in [3.63, 3.8) is 0 Å². The van der Waals surface area contributed by atoms with Crippen molar-refractivity contribution in [1.82, 2.24) is 9.80 Å². The lowest BCUT2D eigenvalue weighted by molar-refractivity contribution is -0.132. The summed E-state index contributed by atoms with van der Waals surface area (Å²) in [5, 5.41) is 0. The number of rotatable bonds is 8. The molecule has 194 valence electrons. The molecule has 8 heteroatoms. The van der Waals surface area contributed by atoms with E-state index in [2.05, 4.69) is 47.0 Å². The predicted octanol–water partition coefficient (Wildman–Crippen LogP) is 6.10. The fraction of sp³-hybridized carbons (Fsp3) is 0.429. The van der Waals surface area contributed by atoms with Gasteiger partial charge in [-0.25, -0.2) is 4.79 Å². The quantitative estimate of drug-likeness (QED) is 0.283. The summed E-state index contributed by atoms with van der Waals surface area (Å²) in [5.74, 6) is 3.75. The number of amides is 2. The zero-order valence-corrected chi connectivity index (χ0v) is 24.9. The van der Waals surface area contributed by atoms with Crippen molar-refractivity contribution in [2.45, 2.75) is 59.1 Å². The largest absolute Gasteiger partial charge is 0.497 e. The van der Waals surface area contributed by atoms with Crippen LogP contribution < -0.4 is 4.74 Å². The fourth-order valence-electron chi connectivity index (χ4n) is 3.19. The minimum absolute atomic E-state index is 0.124. The van der Waals surface area contributed by atoms with Crippen LogP contribution in [-0.2, 0) is 22.6 Å². The molecule has 6 nitrogen and oxygen atoms in total. The molecule has 0 aliphatic heterocycles. The van der Waals surface area contributed by atoms with Gasteiger partial charge in [-0.3, -0.25) is 9.69 Å². The average molecular weight is 574 g/mol. The Balaban J connectivity index is 2.31. The average Bonchev–Trinajstić information content (AvgIpc) is 2.77. The Labute approximate surface area is 225 Å². The van der Waals surface area contributed by atoms with E-state index in [1.807, 2.05) is 69.3 Å². The molecule has 0 spiro atoms. The molecule has 0 radical (unpaired) electrons. The van der Waals surface area contributed by atoms with Crippen LogP contribution in [0.4, 0.5) is 4.79 Å². The van der Waals surface area contributed by atoms with E-state index >= 15 is 0 Å². The first-order chi connectivity index (χ1) is 16.8. The number of hydrogen-bond donors (Lipinski definition) is 0. The first-order valence-corrected chi connectivity index (χ1v) is 16.2. The van der Waals surface area contributed by atoms with Gasteiger partial charge >= 0.3 is 6.09 Å². The van der Waals surface area contributed by atoms with E-state index in [0.717, 1.165) is 21.3 Å². The maximum absolute atomic E-state index is 13.6. The molecule has 0 aliphatic carbocycles. The third kappa shape index (κ3) is 10.5. The van der Waals surface area contributed by atoms with E-state index in [1.165, 1.54) is 4.90 Å². The van der Waals surface area contributed by atoms with Gasteiger partial charge in [-0.05, 0) is 50.1 Å². The number of carbonyl (C=O) groups excluding carboxylic acids is 2. The molecule has 0 saturated heterocycles. The lowest BCUT2D eigenvalue weighted by Crippen LogP contribution is -2.44. The zero-order chi connectivity index (χ0) is 26.9. The van der Waals surface area contributed by atoms with Crippen LogP contribution in [0.25, 0.3) is 0 Å². The van der Waals surface area contributed by atoms with Gasteiger partial charge in [0.1, 0.15) is 26.0 Å². The lowest BCUT2D eigenvalue weighted by atomic mass is 10.2. The van der Waals surface area contributed by atoms with Crippen LogP contribution in [0, 0.1) is 11.5 Å². The number of carbonyl (C=O) groups is 2. The van der Waals surface area contributed by atoms with Crippen LogP contribution in [0.2, 0.25) is 19.6 Å². The van der Waals surface area contributed by atoms with E-state index < -0.39 is 19.8 Å². The van der Waals surface area contributed by atoms with Crippen LogP contribution in [0.3, 0.4) is 0 Å². The first-order valence-electron chi connectivity index (χ1n) is 11.9. The predicted molar refractivity (Wildman–Crippen MR) is 150 cm³/mol. The molecule has 36 heavy (non-hydrogen) atoms. The Morgan fingerprint density at radius 1 is 0.972 bits per heavy atom. The SMILES string of the molecule is COc1ccc(CN(CC#C[Si](C)(C)C)C(=O)CN(Cc2ccccc2Br)C(=O)OC(C)(C)C)cc1. The molecule has 2 aromatic rings. The molecule has 0 fully saturated rings. The van der Waals surface area contributed by atoms with E-state index in [9.17, 15) is 9.59 Å². The van der Waals surface area contributed by atoms with Gasteiger partial charge in [0.15, 0.2) is 0 Å². The summed E-state index contributed by atoms with van der Waals surface area (Å²) >= 11 is 3.54. The Hall–Kier alpha value is -2.76. The normalized spacial score (nSPS) is 11.2. The van der Waals surface area contributed by atoms with Gasteiger partial charge < -0.3 is 14.4 Å². The molecule has 2 aromatic carbocycles. The summed E-state index contributed by atoms with van der Waals surface area (Å²) < 4.78 is 11.7. The van der Waals surface area contributed by atoms with Gasteiger partial charge in [0.25, 0.3) is 0 Å². The van der Waals surface area contributed by atoms with Crippen LogP contribution >= 0.6 is 15.9 Å². The molecule has 0 atom stereocenters. The Kier molecular flexibility index (Phi) is 10.6. The Morgan fingerprint density at radius 3 is 2.17 bits per heavy atom. The summed E-state index contributed by atoms with van der Waals surface area (Å²) in [5.41, 5.74) is 4.48. The van der Waals surface area contributed by atoms with Gasteiger partial charge in [0, 0.05) is 11.0 Å². The fourth-order valence-corrected chi connectivity index (χ4v) is 4.21. The zero-order valence-electron chi connectivity index (χ0n) is 22.4. The van der Waals surface area contributed by atoms with Crippen molar-refractivity contribution in [3.8, 4) is 17.2 Å². The molecular formula is C28H37BrN2O4Si. The van der Waals surface area contributed by atoms with Crippen molar-refractivity contribution in [1.29, 1.82) is 0 Å². The molecule has 2 amide bonds. The van der Waals surface area contributed by atoms with Crippen molar-refractivity contribution in [3.05, 3.63) is 64.1 Å². The highest BCUT2D eigenvalue weighted by Crippen LogP contribution is 2.20. The Morgan fingerprint density at radius 2 is 1.61 bits per heavy atom. The van der Waals surface area contributed by atoms with Gasteiger partial charge in [-0.15, -0.1) is 5.54 Å². The van der Waals surface area contributed by atoms with Gasteiger partial charge in [0.2, 0.25) is 5.91 Å². The topological polar surface area (TPSA) is 59.1 Å². The van der Waals surface area contributed by atoms with Crippen molar-refractivity contribution in [2.24, 2.45) is 0 Å². The molecule has 0 aromatic heterocycles. The second-order valence-corrected chi connectivity index (χ2v) is 16.2. The van der Waals surface area contributed by atoms with Gasteiger partial charge in [-0.2, -0.15) is 0 Å². The number of ether oxygens (including phenoxy) is 2. The third-order valence-electron chi connectivity index (χ3n) is 4.92. The summed E-state index contributed by atoms with van der Waals surface area (Å²) in [6.07, 6.45) is -0.538. The van der Waals surface area contributed by atoms with E-state index in [0.29, 0.717) is 6.54 Å². The maximum Gasteiger partial charge on any atom is 0.411 e. The molecular weight excluding hydrogens is 536 g/mol. The lowest BCUT2D eigenvalue weighted by Gasteiger charge is -2.29. The second-order valence-electron chi connectivity index (χ2n) is 10.6. The van der Waals surface area contributed by atoms with E-state index in [4.69, 9.17) is 9.47 Å². The number of benzene rings is 2. The molecule has 2 rings (SSSR count). The van der Waals surface area contributed by atoms with Crippen molar-refractivity contribution in [2.75, 3.05) is 20.2 Å². The highest BCUT2D eigenvalue weighted by Gasteiger charge is 2.26. The summed E-state index contributed by atoms with van der Waals surface area (Å²) in [4.78, 5) is 29.8. The number of methoxy groups -OCH3 is 1. The smallest absolute Gasteiger partial charge is 0.411 e. The van der Waals surface area contributed by atoms with Crippen LogP contribution in [0.15, 0.2) is 53.0 Å². The van der Waals surface area contributed by atoms with E-state index in [-0.39, 0.29) is 25.5 Å². The summed E-state index contributed by atoms with van der Waals surface area (Å²) in [7, 11) is 0.0156. The van der Waals surface area contributed by atoms with Crippen LogP contribution in [0.5, 0.6) is 5.75 Å². The third-order valence-corrected chi connectivity index (χ3v) is 6.62. The standard InChI is InChI=1S/C28H37BrN2O4Si/c1-28(2,3)35-27(33)31(20-23-11-8-9-12-25(23)29)21-26(32)30(17-10-18-36(5,6)7)19-22-13-15-24(34-4)16-14-22/h8-9,11-16H,17,19-21H2,1-7H3.